The Balaban J connectivity index is 2.29. The lowest BCUT2D eigenvalue weighted by Crippen LogP contribution is -2.45. The van der Waals surface area contributed by atoms with E-state index in [1.54, 1.807) is 7.11 Å². The maximum atomic E-state index is 5.58. The van der Waals surface area contributed by atoms with Crippen molar-refractivity contribution in [3.8, 4) is 5.75 Å². The molecule has 106 valence electrons. The smallest absolute Gasteiger partial charge is 0.123 e. The molecule has 0 aromatic heterocycles. The van der Waals surface area contributed by atoms with E-state index in [1.807, 2.05) is 0 Å². The highest BCUT2D eigenvalue weighted by atomic mass is 16.5. The van der Waals surface area contributed by atoms with E-state index in [2.05, 4.69) is 42.3 Å². The third kappa shape index (κ3) is 3.28. The predicted octanol–water partition coefficient (Wildman–Crippen LogP) is 2.61. The van der Waals surface area contributed by atoms with Gasteiger partial charge >= 0.3 is 0 Å². The summed E-state index contributed by atoms with van der Waals surface area (Å²) in [7, 11) is 1.77. The minimum atomic E-state index is 0.476. The van der Waals surface area contributed by atoms with Gasteiger partial charge in [0, 0.05) is 37.8 Å². The molecule has 3 heteroatoms. The number of rotatable bonds is 5. The summed E-state index contributed by atoms with van der Waals surface area (Å²) in [6.07, 6.45) is 2.21. The molecule has 0 aliphatic carbocycles. The molecule has 0 spiro atoms. The molecule has 2 rings (SSSR count). The fourth-order valence-corrected chi connectivity index (χ4v) is 2.93. The van der Waals surface area contributed by atoms with Gasteiger partial charge in [-0.05, 0) is 24.5 Å². The monoisotopic (exact) mass is 262 g/mol. The topological polar surface area (TPSA) is 24.5 Å². The second-order valence-corrected chi connectivity index (χ2v) is 5.14. The standard InChI is InChI=1S/C16H26N2O/c1-4-13-6-7-16(19-3)14(12-13)15(5-2)18-10-8-17-9-11-18/h6-7,12,15,17H,4-5,8-11H2,1-3H3. The van der Waals surface area contributed by atoms with Crippen molar-refractivity contribution in [2.75, 3.05) is 33.3 Å². The van der Waals surface area contributed by atoms with Crippen LogP contribution in [-0.4, -0.2) is 38.2 Å². The molecule has 1 N–H and O–H groups in total. The molecule has 19 heavy (non-hydrogen) atoms. The number of piperazine rings is 1. The summed E-state index contributed by atoms with van der Waals surface area (Å²) in [4.78, 5) is 2.58. The second-order valence-electron chi connectivity index (χ2n) is 5.14. The summed E-state index contributed by atoms with van der Waals surface area (Å²) >= 11 is 0. The fourth-order valence-electron chi connectivity index (χ4n) is 2.93. The van der Waals surface area contributed by atoms with Gasteiger partial charge in [0.05, 0.1) is 7.11 Å². The Kier molecular flexibility index (Phi) is 5.23. The van der Waals surface area contributed by atoms with Gasteiger partial charge in [-0.25, -0.2) is 0 Å². The molecule has 1 atom stereocenters. The van der Waals surface area contributed by atoms with Crippen molar-refractivity contribution in [1.82, 2.24) is 10.2 Å². The number of hydrogen-bond donors (Lipinski definition) is 1. The lowest BCUT2D eigenvalue weighted by Gasteiger charge is -2.35. The molecule has 1 fully saturated rings. The van der Waals surface area contributed by atoms with Crippen LogP contribution in [0.15, 0.2) is 18.2 Å². The molecule has 3 nitrogen and oxygen atoms in total. The quantitative estimate of drug-likeness (QED) is 0.883. The Labute approximate surface area is 116 Å². The zero-order valence-corrected chi connectivity index (χ0v) is 12.4. The molecule has 1 aromatic carbocycles. The Bertz CT molecular complexity index is 400. The van der Waals surface area contributed by atoms with Gasteiger partial charge in [0.15, 0.2) is 0 Å². The molecule has 0 bridgehead atoms. The maximum absolute atomic E-state index is 5.58. The van der Waals surface area contributed by atoms with E-state index < -0.39 is 0 Å². The van der Waals surface area contributed by atoms with Gasteiger partial charge in [-0.15, -0.1) is 0 Å². The largest absolute Gasteiger partial charge is 0.496 e. The fraction of sp³-hybridized carbons (Fsp3) is 0.625. The number of ether oxygens (including phenoxy) is 1. The average molecular weight is 262 g/mol. The molecule has 1 unspecified atom stereocenters. The zero-order valence-electron chi connectivity index (χ0n) is 12.4. The van der Waals surface area contributed by atoms with E-state index in [4.69, 9.17) is 4.74 Å². The Morgan fingerprint density at radius 2 is 2.00 bits per heavy atom. The van der Waals surface area contributed by atoms with E-state index in [9.17, 15) is 0 Å². The van der Waals surface area contributed by atoms with Gasteiger partial charge in [-0.1, -0.05) is 26.0 Å². The van der Waals surface area contributed by atoms with Gasteiger partial charge in [0.1, 0.15) is 5.75 Å². The highest BCUT2D eigenvalue weighted by molar-refractivity contribution is 5.39. The minimum Gasteiger partial charge on any atom is -0.496 e. The molecule has 1 aliphatic heterocycles. The number of methoxy groups -OCH3 is 1. The molecule has 1 saturated heterocycles. The van der Waals surface area contributed by atoms with Crippen molar-refractivity contribution in [2.24, 2.45) is 0 Å². The van der Waals surface area contributed by atoms with Crippen molar-refractivity contribution in [2.45, 2.75) is 32.7 Å². The van der Waals surface area contributed by atoms with E-state index in [-0.39, 0.29) is 0 Å². The van der Waals surface area contributed by atoms with Crippen LogP contribution in [0, 0.1) is 0 Å². The molecule has 1 heterocycles. The lowest BCUT2D eigenvalue weighted by atomic mass is 9.97. The highest BCUT2D eigenvalue weighted by Crippen LogP contribution is 2.32. The van der Waals surface area contributed by atoms with Crippen LogP contribution < -0.4 is 10.1 Å². The van der Waals surface area contributed by atoms with Crippen LogP contribution in [-0.2, 0) is 6.42 Å². The van der Waals surface area contributed by atoms with Crippen LogP contribution in [0.5, 0.6) is 5.75 Å². The normalized spacial score (nSPS) is 18.3. The molecule has 0 saturated carbocycles. The molecular weight excluding hydrogens is 236 g/mol. The van der Waals surface area contributed by atoms with Crippen LogP contribution in [0.2, 0.25) is 0 Å². The van der Waals surface area contributed by atoms with E-state index in [0.717, 1.165) is 44.8 Å². The van der Waals surface area contributed by atoms with Crippen LogP contribution in [0.4, 0.5) is 0 Å². The molecule has 0 amide bonds. The minimum absolute atomic E-state index is 0.476. The second kappa shape index (κ2) is 6.92. The number of nitrogens with one attached hydrogen (secondary N) is 1. The SMILES string of the molecule is CCc1ccc(OC)c(C(CC)N2CCNCC2)c1. The third-order valence-corrected chi connectivity index (χ3v) is 4.04. The first-order chi connectivity index (χ1) is 9.30. The average Bonchev–Trinajstić information content (AvgIpc) is 2.49. The van der Waals surface area contributed by atoms with Crippen molar-refractivity contribution in [1.29, 1.82) is 0 Å². The Morgan fingerprint density at radius 3 is 2.58 bits per heavy atom. The molecular formula is C16H26N2O. The molecule has 1 aliphatic rings. The van der Waals surface area contributed by atoms with Crippen molar-refractivity contribution >= 4 is 0 Å². The first-order valence-corrected chi connectivity index (χ1v) is 7.41. The summed E-state index contributed by atoms with van der Waals surface area (Å²) < 4.78 is 5.58. The third-order valence-electron chi connectivity index (χ3n) is 4.04. The van der Waals surface area contributed by atoms with Crippen molar-refractivity contribution in [3.05, 3.63) is 29.3 Å². The Morgan fingerprint density at radius 1 is 1.26 bits per heavy atom. The van der Waals surface area contributed by atoms with Crippen LogP contribution >= 0.6 is 0 Å². The number of benzene rings is 1. The summed E-state index contributed by atoms with van der Waals surface area (Å²) in [5.41, 5.74) is 2.75. The van der Waals surface area contributed by atoms with E-state index in [0.29, 0.717) is 6.04 Å². The summed E-state index contributed by atoms with van der Waals surface area (Å²) in [6, 6.07) is 7.10. The van der Waals surface area contributed by atoms with Crippen LogP contribution in [0.3, 0.4) is 0 Å². The Hall–Kier alpha value is -1.06. The molecule has 1 aromatic rings. The lowest BCUT2D eigenvalue weighted by molar-refractivity contribution is 0.166. The summed E-state index contributed by atoms with van der Waals surface area (Å²) in [5.74, 6) is 1.03. The number of aryl methyl sites for hydroxylation is 1. The van der Waals surface area contributed by atoms with Gasteiger partial charge in [-0.3, -0.25) is 4.90 Å². The van der Waals surface area contributed by atoms with Crippen molar-refractivity contribution in [3.63, 3.8) is 0 Å². The molecule has 0 radical (unpaired) electrons. The first kappa shape index (κ1) is 14.4. The zero-order chi connectivity index (χ0) is 13.7. The first-order valence-electron chi connectivity index (χ1n) is 7.41. The highest BCUT2D eigenvalue weighted by Gasteiger charge is 2.23. The van der Waals surface area contributed by atoms with E-state index >= 15 is 0 Å². The maximum Gasteiger partial charge on any atom is 0.123 e. The van der Waals surface area contributed by atoms with E-state index in [1.165, 1.54) is 11.1 Å². The summed E-state index contributed by atoms with van der Waals surface area (Å²) in [6.45, 7) is 8.90. The van der Waals surface area contributed by atoms with Gasteiger partial charge in [0.25, 0.3) is 0 Å². The number of nitrogens with zero attached hydrogens (tertiary/aromatic N) is 1. The van der Waals surface area contributed by atoms with Gasteiger partial charge < -0.3 is 10.1 Å². The predicted molar refractivity (Wildman–Crippen MR) is 79.8 cm³/mol. The van der Waals surface area contributed by atoms with Crippen molar-refractivity contribution < 1.29 is 4.74 Å². The van der Waals surface area contributed by atoms with Crippen LogP contribution in [0.25, 0.3) is 0 Å². The van der Waals surface area contributed by atoms with Crippen LogP contribution in [0.1, 0.15) is 37.4 Å². The number of hydrogen-bond acceptors (Lipinski definition) is 3. The summed E-state index contributed by atoms with van der Waals surface area (Å²) in [5, 5.41) is 3.42. The van der Waals surface area contributed by atoms with Gasteiger partial charge in [0.2, 0.25) is 0 Å². The van der Waals surface area contributed by atoms with Gasteiger partial charge in [-0.2, -0.15) is 0 Å².